The van der Waals surface area contributed by atoms with Gasteiger partial charge in [0.1, 0.15) is 5.04 Å². The minimum absolute atomic E-state index is 0.0734. The second-order valence-electron chi connectivity index (χ2n) is 4.88. The number of hydrogen-bond donors (Lipinski definition) is 1. The van der Waals surface area contributed by atoms with E-state index in [0.717, 1.165) is 16.6 Å². The van der Waals surface area contributed by atoms with Crippen LogP contribution in [0.4, 0.5) is 0 Å². The number of aliphatic hydroxyl groups excluding tert-OH is 1. The van der Waals surface area contributed by atoms with Gasteiger partial charge in [-0.15, -0.1) is 11.8 Å². The van der Waals surface area contributed by atoms with Gasteiger partial charge in [0.05, 0.1) is 37.8 Å². The van der Waals surface area contributed by atoms with Gasteiger partial charge in [-0.25, -0.2) is 14.1 Å². The van der Waals surface area contributed by atoms with Crippen molar-refractivity contribution >= 4 is 40.6 Å². The number of ether oxygens (including phenoxy) is 1. The molecular formula is C15H22N4O3S2. The van der Waals surface area contributed by atoms with E-state index in [1.807, 2.05) is 15.5 Å². The third kappa shape index (κ3) is 4.21. The van der Waals surface area contributed by atoms with E-state index in [-0.39, 0.29) is 19.1 Å². The number of β-amino-alcohol motifs (C(OH)–C–C–N with tert-alkyl or cyclic N) is 1. The summed E-state index contributed by atoms with van der Waals surface area (Å²) in [6, 6.07) is 0. The fraction of sp³-hybridized carbons (Fsp3) is 0.533. The maximum absolute atomic E-state index is 12.3. The van der Waals surface area contributed by atoms with Crippen molar-refractivity contribution in [2.24, 2.45) is 9.98 Å². The van der Waals surface area contributed by atoms with Crippen molar-refractivity contribution in [3.8, 4) is 0 Å². The highest BCUT2D eigenvalue weighted by atomic mass is 32.2. The third-order valence-electron chi connectivity index (χ3n) is 3.48. The van der Waals surface area contributed by atoms with Crippen LogP contribution in [0.5, 0.6) is 0 Å². The second kappa shape index (κ2) is 9.26. The van der Waals surface area contributed by atoms with E-state index in [1.54, 1.807) is 18.9 Å². The second-order valence-corrected chi connectivity index (χ2v) is 6.71. The molecule has 0 aromatic heterocycles. The van der Waals surface area contributed by atoms with Crippen LogP contribution in [-0.4, -0.2) is 76.1 Å². The number of hydrogen-bond acceptors (Lipinski definition) is 9. The van der Waals surface area contributed by atoms with Crippen LogP contribution in [0.25, 0.3) is 0 Å². The summed E-state index contributed by atoms with van der Waals surface area (Å²) in [6.45, 7) is 7.20. The number of carbonyl (C=O) groups is 1. The summed E-state index contributed by atoms with van der Waals surface area (Å²) in [6.07, 6.45) is 3.43. The van der Waals surface area contributed by atoms with Crippen LogP contribution in [0.3, 0.4) is 0 Å². The van der Waals surface area contributed by atoms with Gasteiger partial charge in [-0.3, -0.25) is 4.99 Å². The van der Waals surface area contributed by atoms with Crippen molar-refractivity contribution < 1.29 is 14.6 Å². The Kier molecular flexibility index (Phi) is 7.35. The lowest BCUT2D eigenvalue weighted by atomic mass is 10.1. The van der Waals surface area contributed by atoms with Crippen molar-refractivity contribution in [1.29, 1.82) is 0 Å². The molecule has 0 saturated carbocycles. The van der Waals surface area contributed by atoms with E-state index in [2.05, 4.69) is 16.6 Å². The summed E-state index contributed by atoms with van der Waals surface area (Å²) in [5, 5.41) is 9.95. The van der Waals surface area contributed by atoms with Gasteiger partial charge in [0.2, 0.25) is 0 Å². The molecule has 0 aliphatic carbocycles. The van der Waals surface area contributed by atoms with Gasteiger partial charge in [-0.1, -0.05) is 18.5 Å². The molecule has 2 rings (SSSR count). The number of nitrogens with zero attached hydrogens (tertiary/aromatic N) is 4. The average Bonchev–Trinajstić information content (AvgIpc) is 2.59. The SMILES string of the molecule is C=CN=C(SC)C1=NCC(C(=O)OCC)=C2CN(CCO)SCN12. The zero-order valence-electron chi connectivity index (χ0n) is 13.9. The maximum atomic E-state index is 12.3. The summed E-state index contributed by atoms with van der Waals surface area (Å²) in [5.41, 5.74) is 1.44. The van der Waals surface area contributed by atoms with Crippen molar-refractivity contribution in [2.75, 3.05) is 45.0 Å². The van der Waals surface area contributed by atoms with Gasteiger partial charge in [0.25, 0.3) is 0 Å². The van der Waals surface area contributed by atoms with Gasteiger partial charge >= 0.3 is 5.97 Å². The summed E-state index contributed by atoms with van der Waals surface area (Å²) >= 11 is 3.08. The number of carbonyl (C=O) groups excluding carboxylic acids is 1. The fourth-order valence-electron chi connectivity index (χ4n) is 2.42. The first-order valence-electron chi connectivity index (χ1n) is 7.59. The van der Waals surface area contributed by atoms with Gasteiger partial charge in [-0.05, 0) is 13.2 Å². The molecule has 7 nitrogen and oxygen atoms in total. The largest absolute Gasteiger partial charge is 0.463 e. The van der Waals surface area contributed by atoms with Crippen molar-refractivity contribution in [2.45, 2.75) is 6.92 Å². The zero-order chi connectivity index (χ0) is 17.5. The van der Waals surface area contributed by atoms with Gasteiger partial charge in [0.15, 0.2) is 5.84 Å². The third-order valence-corrected chi connectivity index (χ3v) is 5.20. The molecule has 0 unspecified atom stereocenters. The molecule has 0 aromatic carbocycles. The Morgan fingerprint density at radius 2 is 2.42 bits per heavy atom. The number of rotatable bonds is 6. The molecule has 1 fully saturated rings. The molecular weight excluding hydrogens is 348 g/mol. The van der Waals surface area contributed by atoms with Crippen LogP contribution in [0.1, 0.15) is 6.92 Å². The van der Waals surface area contributed by atoms with E-state index < -0.39 is 0 Å². The van der Waals surface area contributed by atoms with Crippen LogP contribution >= 0.6 is 23.7 Å². The molecule has 0 radical (unpaired) electrons. The van der Waals surface area contributed by atoms with Crippen LogP contribution in [0.15, 0.2) is 34.0 Å². The highest BCUT2D eigenvalue weighted by Crippen LogP contribution is 2.31. The molecule has 0 bridgehead atoms. The first-order valence-corrected chi connectivity index (χ1v) is 9.75. The van der Waals surface area contributed by atoms with Crippen molar-refractivity contribution in [1.82, 2.24) is 9.21 Å². The topological polar surface area (TPSA) is 77.7 Å². The molecule has 2 aliphatic heterocycles. The molecule has 2 heterocycles. The number of aliphatic hydroxyl groups is 1. The van der Waals surface area contributed by atoms with E-state index in [0.29, 0.717) is 31.1 Å². The zero-order valence-corrected chi connectivity index (χ0v) is 15.5. The summed E-state index contributed by atoms with van der Waals surface area (Å²) < 4.78 is 7.22. The number of thioether (sulfide) groups is 1. The van der Waals surface area contributed by atoms with E-state index in [9.17, 15) is 9.90 Å². The van der Waals surface area contributed by atoms with E-state index >= 15 is 0 Å². The fourth-order valence-corrected chi connectivity index (χ4v) is 3.94. The standard InChI is InChI=1S/C15H22N4O3S2/c1-4-16-14(23-3)13-17-8-11(15(21)22-5-2)12-9-18(6-7-20)24-10-19(12)13/h4,20H,1,5-10H2,2-3H3. The minimum atomic E-state index is -0.331. The molecule has 0 amide bonds. The lowest BCUT2D eigenvalue weighted by Crippen LogP contribution is -2.47. The quantitative estimate of drug-likeness (QED) is 0.327. The first kappa shape index (κ1) is 19.0. The van der Waals surface area contributed by atoms with Crippen LogP contribution in [0, 0.1) is 0 Å². The first-order chi connectivity index (χ1) is 11.7. The predicted molar refractivity (Wildman–Crippen MR) is 100 cm³/mol. The number of fused-ring (bicyclic) bond motifs is 1. The highest BCUT2D eigenvalue weighted by molar-refractivity contribution is 8.15. The Balaban J connectivity index is 2.35. The van der Waals surface area contributed by atoms with Crippen LogP contribution < -0.4 is 0 Å². The van der Waals surface area contributed by atoms with Gasteiger partial charge in [0, 0.05) is 18.4 Å². The summed E-state index contributed by atoms with van der Waals surface area (Å²) in [7, 11) is 0. The maximum Gasteiger partial charge on any atom is 0.337 e. The monoisotopic (exact) mass is 370 g/mol. The molecule has 0 spiro atoms. The number of aliphatic imine (C=N–C) groups is 2. The molecule has 9 heteroatoms. The normalized spacial score (nSPS) is 19.0. The smallest absolute Gasteiger partial charge is 0.337 e. The summed E-state index contributed by atoms with van der Waals surface area (Å²) in [4.78, 5) is 23.1. The number of amidine groups is 1. The molecule has 1 N–H and O–H groups in total. The number of esters is 1. The lowest BCUT2D eigenvalue weighted by molar-refractivity contribution is -0.138. The summed E-state index contributed by atoms with van der Waals surface area (Å²) in [5.74, 6) is 1.03. The van der Waals surface area contributed by atoms with Gasteiger partial charge in [-0.2, -0.15) is 0 Å². The van der Waals surface area contributed by atoms with Gasteiger partial charge < -0.3 is 14.7 Å². The van der Waals surface area contributed by atoms with Crippen molar-refractivity contribution in [3.05, 3.63) is 24.0 Å². The van der Waals surface area contributed by atoms with Crippen LogP contribution in [0.2, 0.25) is 0 Å². The molecule has 132 valence electrons. The molecule has 0 aromatic rings. The Bertz CT molecular complexity index is 589. The van der Waals surface area contributed by atoms with E-state index in [4.69, 9.17) is 4.74 Å². The Morgan fingerprint density at radius 3 is 3.04 bits per heavy atom. The molecule has 2 aliphatic rings. The minimum Gasteiger partial charge on any atom is -0.463 e. The highest BCUT2D eigenvalue weighted by Gasteiger charge is 2.34. The molecule has 0 atom stereocenters. The van der Waals surface area contributed by atoms with E-state index in [1.165, 1.54) is 18.0 Å². The molecule has 24 heavy (non-hydrogen) atoms. The Labute approximate surface area is 150 Å². The average molecular weight is 371 g/mol. The molecule has 1 saturated heterocycles. The Morgan fingerprint density at radius 1 is 1.62 bits per heavy atom. The Hall–Kier alpha value is -1.29. The van der Waals surface area contributed by atoms with Crippen molar-refractivity contribution in [3.63, 3.8) is 0 Å². The lowest BCUT2D eigenvalue weighted by Gasteiger charge is -2.40. The van der Waals surface area contributed by atoms with Crippen LogP contribution in [-0.2, 0) is 9.53 Å². The predicted octanol–water partition coefficient (Wildman–Crippen LogP) is 1.34.